The van der Waals surface area contributed by atoms with E-state index in [-0.39, 0.29) is 11.5 Å². The van der Waals surface area contributed by atoms with Gasteiger partial charge in [-0.05, 0) is 30.2 Å². The van der Waals surface area contributed by atoms with Crippen LogP contribution in [0.25, 0.3) is 0 Å². The number of nitrogens with zero attached hydrogens (tertiary/aromatic N) is 1. The lowest BCUT2D eigenvalue weighted by Crippen LogP contribution is -2.24. The molecule has 0 unspecified atom stereocenters. The second-order valence-electron chi connectivity index (χ2n) is 4.82. The van der Waals surface area contributed by atoms with Crippen molar-refractivity contribution in [3.05, 3.63) is 64.7 Å². The van der Waals surface area contributed by atoms with Crippen LogP contribution >= 0.6 is 0 Å². The van der Waals surface area contributed by atoms with E-state index in [0.717, 1.165) is 16.8 Å². The van der Waals surface area contributed by atoms with Crippen molar-refractivity contribution in [1.29, 1.82) is 0 Å². The molecule has 2 aromatic rings. The Kier molecular flexibility index (Phi) is 2.79. The molecule has 2 aromatic carbocycles. The van der Waals surface area contributed by atoms with Gasteiger partial charge in [-0.2, -0.15) is 0 Å². The molecule has 0 fully saturated rings. The Hall–Kier alpha value is -2.62. The molecule has 1 amide bonds. The van der Waals surface area contributed by atoms with Gasteiger partial charge >= 0.3 is 5.97 Å². The van der Waals surface area contributed by atoms with Gasteiger partial charge in [0.1, 0.15) is 0 Å². The number of aryl methyl sites for hydroxylation is 1. The number of benzene rings is 2. The van der Waals surface area contributed by atoms with E-state index in [0.29, 0.717) is 12.1 Å². The van der Waals surface area contributed by atoms with Crippen molar-refractivity contribution >= 4 is 17.6 Å². The van der Waals surface area contributed by atoms with Gasteiger partial charge in [-0.25, -0.2) is 4.79 Å². The molecule has 0 aromatic heterocycles. The fourth-order valence-electron chi connectivity index (χ4n) is 2.60. The maximum atomic E-state index is 12.5. The number of anilines is 1. The Morgan fingerprint density at radius 2 is 1.90 bits per heavy atom. The number of carbonyl (C=O) groups excluding carboxylic acids is 1. The minimum Gasteiger partial charge on any atom is -0.478 e. The van der Waals surface area contributed by atoms with Crippen LogP contribution < -0.4 is 4.90 Å². The molecule has 4 nitrogen and oxygen atoms in total. The van der Waals surface area contributed by atoms with Crippen LogP contribution in [0.2, 0.25) is 0 Å². The van der Waals surface area contributed by atoms with E-state index in [1.807, 2.05) is 31.2 Å². The summed E-state index contributed by atoms with van der Waals surface area (Å²) in [5.74, 6) is -1.31. The van der Waals surface area contributed by atoms with Crippen LogP contribution in [0.4, 0.5) is 5.69 Å². The largest absolute Gasteiger partial charge is 0.478 e. The zero-order chi connectivity index (χ0) is 14.3. The molecule has 0 spiro atoms. The maximum absolute atomic E-state index is 12.5. The highest BCUT2D eigenvalue weighted by molar-refractivity contribution is 6.15. The van der Waals surface area contributed by atoms with Crippen LogP contribution in [0.3, 0.4) is 0 Å². The number of rotatable bonds is 2. The number of hydrogen-bond acceptors (Lipinski definition) is 2. The van der Waals surface area contributed by atoms with Crippen molar-refractivity contribution in [2.24, 2.45) is 0 Å². The molecular weight excluding hydrogens is 254 g/mol. The Labute approximate surface area is 116 Å². The van der Waals surface area contributed by atoms with Gasteiger partial charge in [0.25, 0.3) is 5.91 Å². The van der Waals surface area contributed by atoms with E-state index in [4.69, 9.17) is 0 Å². The summed E-state index contributed by atoms with van der Waals surface area (Å²) < 4.78 is 0. The van der Waals surface area contributed by atoms with E-state index in [2.05, 4.69) is 0 Å². The Bertz CT molecular complexity index is 721. The molecule has 1 aliphatic rings. The normalized spacial score (nSPS) is 13.4. The predicted molar refractivity (Wildman–Crippen MR) is 75.1 cm³/mol. The average molecular weight is 267 g/mol. The summed E-state index contributed by atoms with van der Waals surface area (Å²) in [5.41, 5.74) is 2.96. The van der Waals surface area contributed by atoms with Crippen LogP contribution in [-0.4, -0.2) is 17.0 Å². The van der Waals surface area contributed by atoms with Gasteiger partial charge in [-0.3, -0.25) is 4.79 Å². The lowest BCUT2D eigenvalue weighted by Gasteiger charge is -2.18. The number of carboxylic acids is 1. The maximum Gasteiger partial charge on any atom is 0.336 e. The van der Waals surface area contributed by atoms with Crippen molar-refractivity contribution in [3.8, 4) is 0 Å². The molecule has 0 saturated heterocycles. The summed E-state index contributed by atoms with van der Waals surface area (Å²) in [5, 5.41) is 9.21. The van der Waals surface area contributed by atoms with Gasteiger partial charge in [0, 0.05) is 5.69 Å². The van der Waals surface area contributed by atoms with Crippen LogP contribution in [0.5, 0.6) is 0 Å². The minimum absolute atomic E-state index is 0.0728. The first-order chi connectivity index (χ1) is 9.59. The average Bonchev–Trinajstić information content (AvgIpc) is 2.76. The van der Waals surface area contributed by atoms with Crippen molar-refractivity contribution in [3.63, 3.8) is 0 Å². The molecule has 0 radical (unpaired) electrons. The van der Waals surface area contributed by atoms with E-state index in [9.17, 15) is 14.7 Å². The van der Waals surface area contributed by atoms with E-state index >= 15 is 0 Å². The number of hydrogen-bond donors (Lipinski definition) is 1. The molecule has 4 heteroatoms. The lowest BCUT2D eigenvalue weighted by atomic mass is 10.0. The van der Waals surface area contributed by atoms with Crippen molar-refractivity contribution in [1.82, 2.24) is 0 Å². The van der Waals surface area contributed by atoms with Gasteiger partial charge in [-0.1, -0.05) is 30.3 Å². The Balaban J connectivity index is 2.10. The van der Waals surface area contributed by atoms with Crippen molar-refractivity contribution in [2.75, 3.05) is 4.90 Å². The number of fused-ring (bicyclic) bond motifs is 1. The van der Waals surface area contributed by atoms with Gasteiger partial charge in [0.05, 0.1) is 17.7 Å². The minimum atomic E-state index is -1.07. The van der Waals surface area contributed by atoms with Crippen molar-refractivity contribution < 1.29 is 14.7 Å². The second kappa shape index (κ2) is 4.49. The van der Waals surface area contributed by atoms with Crippen LogP contribution in [0.1, 0.15) is 31.8 Å². The molecule has 0 bridgehead atoms. The van der Waals surface area contributed by atoms with E-state index < -0.39 is 5.97 Å². The number of aromatic carboxylic acids is 1. The molecule has 3 rings (SSSR count). The summed E-state index contributed by atoms with van der Waals surface area (Å²) in [4.78, 5) is 25.4. The first kappa shape index (κ1) is 12.4. The van der Waals surface area contributed by atoms with Gasteiger partial charge in [0.15, 0.2) is 0 Å². The molecule has 1 aliphatic heterocycles. The molecule has 0 aliphatic carbocycles. The summed E-state index contributed by atoms with van der Waals surface area (Å²) in [6.45, 7) is 2.35. The molecule has 1 N–H and O–H groups in total. The third-order valence-corrected chi connectivity index (χ3v) is 3.57. The van der Waals surface area contributed by atoms with Crippen molar-refractivity contribution in [2.45, 2.75) is 13.5 Å². The second-order valence-corrected chi connectivity index (χ2v) is 4.82. The van der Waals surface area contributed by atoms with Gasteiger partial charge in [0.2, 0.25) is 0 Å². The topological polar surface area (TPSA) is 57.6 Å². The summed E-state index contributed by atoms with van der Waals surface area (Å²) in [6, 6.07) is 12.5. The zero-order valence-corrected chi connectivity index (χ0v) is 11.0. The highest BCUT2D eigenvalue weighted by Crippen LogP contribution is 2.32. The molecule has 1 heterocycles. The summed E-state index contributed by atoms with van der Waals surface area (Å²) in [7, 11) is 0. The van der Waals surface area contributed by atoms with Gasteiger partial charge < -0.3 is 10.0 Å². The standard InChI is InChI=1S/C16H13NO3/c1-10-5-2-3-8-13(10)17-9-11-6-4-7-12(16(19)20)14(11)15(17)18/h2-8H,9H2,1H3,(H,19,20). The third kappa shape index (κ3) is 1.77. The SMILES string of the molecule is Cc1ccccc1N1Cc2cccc(C(=O)O)c2C1=O. The number of carbonyl (C=O) groups is 2. The van der Waals surface area contributed by atoms with E-state index in [1.165, 1.54) is 6.07 Å². The molecule has 0 saturated carbocycles. The fraction of sp³-hybridized carbons (Fsp3) is 0.125. The Morgan fingerprint density at radius 3 is 2.60 bits per heavy atom. The van der Waals surface area contributed by atoms with E-state index in [1.54, 1.807) is 17.0 Å². The smallest absolute Gasteiger partial charge is 0.336 e. The Morgan fingerprint density at radius 1 is 1.15 bits per heavy atom. The fourth-order valence-corrected chi connectivity index (χ4v) is 2.60. The molecular formula is C16H13NO3. The van der Waals surface area contributed by atoms with Crippen LogP contribution in [0, 0.1) is 6.92 Å². The third-order valence-electron chi connectivity index (χ3n) is 3.57. The summed E-state index contributed by atoms with van der Waals surface area (Å²) >= 11 is 0. The predicted octanol–water partition coefficient (Wildman–Crippen LogP) is 2.85. The first-order valence-electron chi connectivity index (χ1n) is 6.32. The lowest BCUT2D eigenvalue weighted by molar-refractivity contribution is 0.0692. The first-order valence-corrected chi connectivity index (χ1v) is 6.32. The highest BCUT2D eigenvalue weighted by Gasteiger charge is 2.32. The summed E-state index contributed by atoms with van der Waals surface area (Å²) in [6.07, 6.45) is 0. The van der Waals surface area contributed by atoms with Crippen LogP contribution in [0.15, 0.2) is 42.5 Å². The molecule has 20 heavy (non-hydrogen) atoms. The number of carboxylic acid groups (broad SMARTS) is 1. The zero-order valence-electron chi connectivity index (χ0n) is 11.0. The number of para-hydroxylation sites is 1. The number of amides is 1. The molecule has 0 atom stereocenters. The quantitative estimate of drug-likeness (QED) is 0.910. The van der Waals surface area contributed by atoms with Crippen LogP contribution in [-0.2, 0) is 6.54 Å². The highest BCUT2D eigenvalue weighted by atomic mass is 16.4. The van der Waals surface area contributed by atoms with Gasteiger partial charge in [-0.15, -0.1) is 0 Å². The monoisotopic (exact) mass is 267 g/mol. The molecule has 100 valence electrons.